The van der Waals surface area contributed by atoms with Crippen molar-refractivity contribution in [3.8, 4) is 5.75 Å². The Labute approximate surface area is 151 Å². The molecular formula is C20H31N3O2. The van der Waals surface area contributed by atoms with Gasteiger partial charge in [0, 0.05) is 32.2 Å². The number of benzene rings is 1. The molecule has 2 amide bonds. The van der Waals surface area contributed by atoms with E-state index >= 15 is 0 Å². The minimum atomic E-state index is 0.0545. The monoisotopic (exact) mass is 345 g/mol. The third kappa shape index (κ3) is 5.11. The molecule has 1 unspecified atom stereocenters. The number of carbonyl (C=O) groups is 1. The van der Waals surface area contributed by atoms with Crippen LogP contribution in [0, 0.1) is 0 Å². The summed E-state index contributed by atoms with van der Waals surface area (Å²) in [7, 11) is 2.16. The number of hydrogen-bond donors (Lipinski definition) is 1. The lowest BCUT2D eigenvalue weighted by Crippen LogP contribution is -2.47. The summed E-state index contributed by atoms with van der Waals surface area (Å²) in [6.45, 7) is 5.77. The zero-order valence-electron chi connectivity index (χ0n) is 15.5. The predicted molar refractivity (Wildman–Crippen MR) is 99.8 cm³/mol. The van der Waals surface area contributed by atoms with Crippen LogP contribution in [0.3, 0.4) is 0 Å². The molecule has 3 rings (SSSR count). The van der Waals surface area contributed by atoms with Crippen LogP contribution in [0.15, 0.2) is 24.3 Å². The van der Waals surface area contributed by atoms with E-state index in [1.54, 1.807) is 0 Å². The number of carbonyl (C=O) groups excluding carboxylic acids is 1. The fraction of sp³-hybridized carbons (Fsp3) is 0.650. The van der Waals surface area contributed by atoms with E-state index in [4.69, 9.17) is 4.74 Å². The van der Waals surface area contributed by atoms with E-state index in [2.05, 4.69) is 24.2 Å². The summed E-state index contributed by atoms with van der Waals surface area (Å²) < 4.78 is 6.07. The van der Waals surface area contributed by atoms with Crippen LogP contribution >= 0.6 is 0 Å². The minimum absolute atomic E-state index is 0.0545. The molecule has 2 aliphatic heterocycles. The maximum absolute atomic E-state index is 12.3. The van der Waals surface area contributed by atoms with Gasteiger partial charge in [-0.3, -0.25) is 0 Å². The Kier molecular flexibility index (Phi) is 6.19. The Bertz CT molecular complexity index is 553. The number of piperidine rings is 2. The molecule has 1 atom stereocenters. The largest absolute Gasteiger partial charge is 0.490 e. The predicted octanol–water partition coefficient (Wildman–Crippen LogP) is 3.24. The van der Waals surface area contributed by atoms with Gasteiger partial charge in [0.2, 0.25) is 0 Å². The summed E-state index contributed by atoms with van der Waals surface area (Å²) in [4.78, 5) is 16.6. The topological polar surface area (TPSA) is 44.8 Å². The number of nitrogens with zero attached hydrogens (tertiary/aromatic N) is 2. The molecule has 2 heterocycles. The normalized spacial score (nSPS) is 22.6. The van der Waals surface area contributed by atoms with Crippen molar-refractivity contribution in [1.29, 1.82) is 0 Å². The van der Waals surface area contributed by atoms with Crippen molar-refractivity contribution < 1.29 is 9.53 Å². The summed E-state index contributed by atoms with van der Waals surface area (Å²) >= 11 is 0. The summed E-state index contributed by atoms with van der Waals surface area (Å²) in [5, 5.41) is 3.05. The van der Waals surface area contributed by atoms with Gasteiger partial charge in [-0.05, 0) is 63.8 Å². The smallest absolute Gasteiger partial charge is 0.317 e. The van der Waals surface area contributed by atoms with Crippen molar-refractivity contribution in [2.24, 2.45) is 0 Å². The van der Waals surface area contributed by atoms with Crippen LogP contribution in [-0.2, 0) is 6.54 Å². The van der Waals surface area contributed by atoms with Gasteiger partial charge in [-0.1, -0.05) is 12.1 Å². The van der Waals surface area contributed by atoms with Crippen LogP contribution in [-0.4, -0.2) is 54.7 Å². The molecular weight excluding hydrogens is 314 g/mol. The highest BCUT2D eigenvalue weighted by Crippen LogP contribution is 2.19. The van der Waals surface area contributed by atoms with E-state index in [1.165, 1.54) is 6.42 Å². The molecule has 2 aliphatic rings. The Hall–Kier alpha value is -1.75. The van der Waals surface area contributed by atoms with E-state index in [0.717, 1.165) is 56.6 Å². The molecule has 0 radical (unpaired) electrons. The third-order valence-electron chi connectivity index (χ3n) is 5.40. The van der Waals surface area contributed by atoms with Gasteiger partial charge in [0.25, 0.3) is 0 Å². The quantitative estimate of drug-likeness (QED) is 0.911. The molecule has 0 aromatic heterocycles. The number of nitrogens with one attached hydrogen (secondary N) is 1. The Morgan fingerprint density at radius 1 is 1.12 bits per heavy atom. The molecule has 0 saturated carbocycles. The van der Waals surface area contributed by atoms with Gasteiger partial charge in [-0.25, -0.2) is 4.79 Å². The first-order chi connectivity index (χ1) is 12.1. The number of ether oxygens (including phenoxy) is 1. The highest BCUT2D eigenvalue weighted by Gasteiger charge is 2.22. The number of hydrogen-bond acceptors (Lipinski definition) is 3. The van der Waals surface area contributed by atoms with E-state index in [9.17, 15) is 4.79 Å². The SMILES string of the molecule is CC1CCCCN1C(=O)NCc1ccc(OC2CCN(C)CC2)cc1. The van der Waals surface area contributed by atoms with E-state index < -0.39 is 0 Å². The molecule has 25 heavy (non-hydrogen) atoms. The average Bonchev–Trinajstić information content (AvgIpc) is 2.63. The van der Waals surface area contributed by atoms with Gasteiger partial charge >= 0.3 is 6.03 Å². The van der Waals surface area contributed by atoms with Crippen LogP contribution in [0.4, 0.5) is 4.79 Å². The molecule has 1 aromatic carbocycles. The van der Waals surface area contributed by atoms with Gasteiger partial charge in [0.15, 0.2) is 0 Å². The Balaban J connectivity index is 1.45. The van der Waals surface area contributed by atoms with E-state index in [1.807, 2.05) is 29.2 Å². The highest BCUT2D eigenvalue weighted by molar-refractivity contribution is 5.74. The first-order valence-electron chi connectivity index (χ1n) is 9.60. The second kappa shape index (κ2) is 8.56. The molecule has 0 bridgehead atoms. The second-order valence-corrected chi connectivity index (χ2v) is 7.46. The standard InChI is InChI=1S/C20H31N3O2/c1-16-5-3-4-12-23(16)20(24)21-15-17-6-8-18(9-7-17)25-19-10-13-22(2)14-11-19/h6-9,16,19H,3-5,10-15H2,1-2H3,(H,21,24). The van der Waals surface area contributed by atoms with Gasteiger partial charge in [-0.15, -0.1) is 0 Å². The number of rotatable bonds is 4. The highest BCUT2D eigenvalue weighted by atomic mass is 16.5. The van der Waals surface area contributed by atoms with Crippen LogP contribution < -0.4 is 10.1 Å². The summed E-state index contributed by atoms with van der Waals surface area (Å²) in [5.74, 6) is 0.925. The molecule has 5 nitrogen and oxygen atoms in total. The molecule has 138 valence electrons. The summed E-state index contributed by atoms with van der Waals surface area (Å²) in [6.07, 6.45) is 5.94. The fourth-order valence-corrected chi connectivity index (χ4v) is 3.66. The zero-order valence-corrected chi connectivity index (χ0v) is 15.5. The van der Waals surface area contributed by atoms with Crippen molar-refractivity contribution in [2.75, 3.05) is 26.7 Å². The summed E-state index contributed by atoms with van der Waals surface area (Å²) in [5.41, 5.74) is 1.11. The van der Waals surface area contributed by atoms with Crippen LogP contribution in [0.2, 0.25) is 0 Å². The van der Waals surface area contributed by atoms with E-state index in [-0.39, 0.29) is 6.03 Å². The van der Waals surface area contributed by atoms with Gasteiger partial charge in [0.1, 0.15) is 11.9 Å². The third-order valence-corrected chi connectivity index (χ3v) is 5.40. The minimum Gasteiger partial charge on any atom is -0.490 e. The Morgan fingerprint density at radius 3 is 2.52 bits per heavy atom. The van der Waals surface area contributed by atoms with Crippen molar-refractivity contribution in [2.45, 2.75) is 57.7 Å². The van der Waals surface area contributed by atoms with Crippen molar-refractivity contribution in [1.82, 2.24) is 15.1 Å². The Morgan fingerprint density at radius 2 is 1.84 bits per heavy atom. The van der Waals surface area contributed by atoms with Crippen molar-refractivity contribution in [3.63, 3.8) is 0 Å². The van der Waals surface area contributed by atoms with Crippen molar-refractivity contribution in [3.05, 3.63) is 29.8 Å². The average molecular weight is 345 g/mol. The van der Waals surface area contributed by atoms with Crippen LogP contribution in [0.25, 0.3) is 0 Å². The van der Waals surface area contributed by atoms with Gasteiger partial charge < -0.3 is 19.9 Å². The first-order valence-corrected chi connectivity index (χ1v) is 9.60. The molecule has 2 fully saturated rings. The lowest BCUT2D eigenvalue weighted by Gasteiger charge is -2.33. The fourth-order valence-electron chi connectivity index (χ4n) is 3.66. The second-order valence-electron chi connectivity index (χ2n) is 7.46. The first kappa shape index (κ1) is 18.1. The molecule has 1 aromatic rings. The lowest BCUT2D eigenvalue weighted by atomic mass is 10.0. The molecule has 1 N–H and O–H groups in total. The number of urea groups is 1. The summed E-state index contributed by atoms with van der Waals surface area (Å²) in [6, 6.07) is 8.53. The molecule has 2 saturated heterocycles. The van der Waals surface area contributed by atoms with Crippen LogP contribution in [0.5, 0.6) is 5.75 Å². The number of likely N-dealkylation sites (tertiary alicyclic amines) is 2. The molecule has 0 spiro atoms. The maximum Gasteiger partial charge on any atom is 0.317 e. The van der Waals surface area contributed by atoms with Gasteiger partial charge in [0.05, 0.1) is 0 Å². The maximum atomic E-state index is 12.3. The van der Waals surface area contributed by atoms with Crippen molar-refractivity contribution >= 4 is 6.03 Å². The lowest BCUT2D eigenvalue weighted by molar-refractivity contribution is 0.114. The molecule has 5 heteroatoms. The van der Waals surface area contributed by atoms with Gasteiger partial charge in [-0.2, -0.15) is 0 Å². The van der Waals surface area contributed by atoms with Crippen LogP contribution in [0.1, 0.15) is 44.6 Å². The zero-order chi connectivity index (χ0) is 17.6. The van der Waals surface area contributed by atoms with E-state index in [0.29, 0.717) is 18.7 Å². The number of amides is 2. The molecule has 0 aliphatic carbocycles.